The minimum absolute atomic E-state index is 0.0459. The van der Waals surface area contributed by atoms with Crippen LogP contribution in [0.1, 0.15) is 41.6 Å². The fourth-order valence-corrected chi connectivity index (χ4v) is 3.57. The lowest BCUT2D eigenvalue weighted by atomic mass is 9.86. The second-order valence-electron chi connectivity index (χ2n) is 7.28. The van der Waals surface area contributed by atoms with Gasteiger partial charge in [-0.05, 0) is 62.4 Å². The highest BCUT2D eigenvalue weighted by Crippen LogP contribution is 2.25. The Bertz CT molecular complexity index is 890. The average molecular weight is 395 g/mol. The van der Waals surface area contributed by atoms with E-state index in [-0.39, 0.29) is 23.9 Å². The van der Waals surface area contributed by atoms with Crippen LogP contribution in [0.5, 0.6) is 0 Å². The minimum atomic E-state index is -0.769. The lowest BCUT2D eigenvalue weighted by Gasteiger charge is -2.27. The Morgan fingerprint density at radius 3 is 2.24 bits per heavy atom. The number of amides is 3. The Labute approximate surface area is 169 Å². The second-order valence-corrected chi connectivity index (χ2v) is 7.28. The van der Waals surface area contributed by atoms with E-state index in [0.717, 1.165) is 0 Å². The lowest BCUT2D eigenvalue weighted by Crippen LogP contribution is -2.41. The fraction of sp³-hybridized carbons (Fsp3) is 0.318. The summed E-state index contributed by atoms with van der Waals surface area (Å²) in [6.07, 6.45) is 2.41. The smallest absolute Gasteiger partial charge is 0.319 e. The highest BCUT2D eigenvalue weighted by atomic mass is 16.4. The molecule has 29 heavy (non-hydrogen) atoms. The van der Waals surface area contributed by atoms with E-state index in [4.69, 9.17) is 5.11 Å². The third-order valence-corrected chi connectivity index (χ3v) is 5.27. The van der Waals surface area contributed by atoms with Crippen molar-refractivity contribution in [1.82, 2.24) is 5.32 Å². The van der Waals surface area contributed by atoms with Crippen LogP contribution in [0.3, 0.4) is 0 Å². The molecule has 1 fully saturated rings. The number of urea groups is 1. The molecule has 0 radical (unpaired) electrons. The molecule has 0 aliphatic heterocycles. The second kappa shape index (κ2) is 9.23. The summed E-state index contributed by atoms with van der Waals surface area (Å²) in [5, 5.41) is 17.6. The number of hydrogen-bond donors (Lipinski definition) is 4. The van der Waals surface area contributed by atoms with Crippen LogP contribution in [0.25, 0.3) is 0 Å². The zero-order valence-electron chi connectivity index (χ0n) is 16.3. The Morgan fingerprint density at radius 2 is 1.59 bits per heavy atom. The summed E-state index contributed by atoms with van der Waals surface area (Å²) in [6.45, 7) is 1.79. The number of para-hydroxylation sites is 1. The monoisotopic (exact) mass is 395 g/mol. The van der Waals surface area contributed by atoms with Gasteiger partial charge in [0.05, 0.1) is 5.92 Å². The summed E-state index contributed by atoms with van der Waals surface area (Å²) < 4.78 is 0. The first kappa shape index (κ1) is 20.4. The number of hydrogen-bond acceptors (Lipinski definition) is 3. The van der Waals surface area contributed by atoms with E-state index < -0.39 is 5.97 Å². The molecule has 2 aromatic rings. The molecule has 2 aromatic carbocycles. The van der Waals surface area contributed by atoms with Crippen LogP contribution in [0.4, 0.5) is 16.2 Å². The molecular formula is C22H25N3O4. The zero-order valence-corrected chi connectivity index (χ0v) is 16.3. The number of anilines is 2. The summed E-state index contributed by atoms with van der Waals surface area (Å²) in [5.41, 5.74) is 2.41. The molecule has 7 heteroatoms. The summed E-state index contributed by atoms with van der Waals surface area (Å²) in [6, 6.07) is 14.0. The number of carbonyl (C=O) groups excluding carboxylic acids is 2. The first-order chi connectivity index (χ1) is 13.9. The maximum Gasteiger partial charge on any atom is 0.319 e. The van der Waals surface area contributed by atoms with Gasteiger partial charge in [0.2, 0.25) is 0 Å². The van der Waals surface area contributed by atoms with Crippen LogP contribution in [-0.2, 0) is 4.79 Å². The average Bonchev–Trinajstić information content (AvgIpc) is 2.70. The Morgan fingerprint density at radius 1 is 0.897 bits per heavy atom. The normalized spacial score (nSPS) is 18.5. The van der Waals surface area contributed by atoms with Crippen molar-refractivity contribution in [3.8, 4) is 0 Å². The van der Waals surface area contributed by atoms with Gasteiger partial charge in [0.25, 0.3) is 5.91 Å². The Hall–Kier alpha value is -3.35. The van der Waals surface area contributed by atoms with Crippen molar-refractivity contribution in [2.45, 2.75) is 38.6 Å². The van der Waals surface area contributed by atoms with Crippen molar-refractivity contribution in [3.63, 3.8) is 0 Å². The molecular weight excluding hydrogens is 370 g/mol. The van der Waals surface area contributed by atoms with Crippen molar-refractivity contribution < 1.29 is 19.5 Å². The van der Waals surface area contributed by atoms with Gasteiger partial charge in [-0.15, -0.1) is 0 Å². The van der Waals surface area contributed by atoms with Gasteiger partial charge in [-0.2, -0.15) is 0 Å². The largest absolute Gasteiger partial charge is 0.481 e. The van der Waals surface area contributed by atoms with Gasteiger partial charge in [0.1, 0.15) is 0 Å². The van der Waals surface area contributed by atoms with E-state index in [0.29, 0.717) is 48.2 Å². The van der Waals surface area contributed by atoms with Gasteiger partial charge in [-0.3, -0.25) is 9.59 Å². The zero-order chi connectivity index (χ0) is 20.8. The molecule has 1 saturated carbocycles. The highest BCUT2D eigenvalue weighted by Gasteiger charge is 2.26. The molecule has 0 bridgehead atoms. The third kappa shape index (κ3) is 5.34. The number of rotatable bonds is 5. The topological polar surface area (TPSA) is 108 Å². The van der Waals surface area contributed by atoms with Gasteiger partial charge in [-0.1, -0.05) is 24.3 Å². The maximum atomic E-state index is 12.6. The number of carboxylic acids is 1. The molecule has 3 rings (SSSR count). The number of carbonyl (C=O) groups is 3. The van der Waals surface area contributed by atoms with Crippen molar-refractivity contribution in [2.24, 2.45) is 5.92 Å². The van der Waals surface area contributed by atoms with E-state index in [2.05, 4.69) is 16.0 Å². The molecule has 152 valence electrons. The molecule has 0 spiro atoms. The van der Waals surface area contributed by atoms with E-state index in [1.807, 2.05) is 30.3 Å². The summed E-state index contributed by atoms with van der Waals surface area (Å²) >= 11 is 0. The van der Waals surface area contributed by atoms with Gasteiger partial charge in [0, 0.05) is 23.0 Å². The van der Waals surface area contributed by atoms with Crippen molar-refractivity contribution >= 4 is 29.3 Å². The van der Waals surface area contributed by atoms with Crippen molar-refractivity contribution in [1.29, 1.82) is 0 Å². The van der Waals surface area contributed by atoms with Crippen LogP contribution in [-0.4, -0.2) is 29.1 Å². The van der Waals surface area contributed by atoms with Gasteiger partial charge in [-0.25, -0.2) is 4.79 Å². The predicted molar refractivity (Wildman–Crippen MR) is 111 cm³/mol. The molecule has 1 aliphatic carbocycles. The van der Waals surface area contributed by atoms with Crippen LogP contribution in [0.2, 0.25) is 0 Å². The number of benzene rings is 2. The van der Waals surface area contributed by atoms with Crippen LogP contribution in [0, 0.1) is 12.8 Å². The molecule has 1 aliphatic rings. The van der Waals surface area contributed by atoms with Gasteiger partial charge < -0.3 is 21.1 Å². The van der Waals surface area contributed by atoms with E-state index >= 15 is 0 Å². The number of carboxylic acid groups (broad SMARTS) is 1. The standard InChI is InChI=1S/C22H25N3O4/c1-14-18(20(26)23-16-6-3-2-4-7-16)8-5-9-19(14)25-22(29)24-17-12-10-15(11-13-17)21(27)28/h2-9,15,17H,10-13H2,1H3,(H,23,26)(H,27,28)(H2,24,25,29). The molecule has 0 saturated heterocycles. The quantitative estimate of drug-likeness (QED) is 0.613. The number of aliphatic carboxylic acids is 1. The first-order valence-corrected chi connectivity index (χ1v) is 9.70. The molecule has 0 aromatic heterocycles. The fourth-order valence-electron chi connectivity index (χ4n) is 3.57. The van der Waals surface area contributed by atoms with E-state index in [9.17, 15) is 14.4 Å². The maximum absolute atomic E-state index is 12.6. The first-order valence-electron chi connectivity index (χ1n) is 9.70. The Balaban J connectivity index is 1.60. The van der Waals surface area contributed by atoms with Crippen LogP contribution < -0.4 is 16.0 Å². The SMILES string of the molecule is Cc1c(NC(=O)NC2CCC(C(=O)O)CC2)cccc1C(=O)Nc1ccccc1. The lowest BCUT2D eigenvalue weighted by molar-refractivity contribution is -0.142. The molecule has 3 amide bonds. The van der Waals surface area contributed by atoms with Crippen LogP contribution in [0.15, 0.2) is 48.5 Å². The van der Waals surface area contributed by atoms with Crippen LogP contribution >= 0.6 is 0 Å². The predicted octanol–water partition coefficient (Wildman–Crippen LogP) is 4.01. The minimum Gasteiger partial charge on any atom is -0.481 e. The summed E-state index contributed by atoms with van der Waals surface area (Å²) in [7, 11) is 0. The van der Waals surface area contributed by atoms with Crippen molar-refractivity contribution in [2.75, 3.05) is 10.6 Å². The summed E-state index contributed by atoms with van der Waals surface area (Å²) in [4.78, 5) is 36.0. The van der Waals surface area contributed by atoms with Gasteiger partial charge in [0.15, 0.2) is 0 Å². The molecule has 4 N–H and O–H groups in total. The van der Waals surface area contributed by atoms with E-state index in [1.54, 1.807) is 25.1 Å². The Kier molecular flexibility index (Phi) is 6.49. The molecule has 0 unspecified atom stereocenters. The van der Waals surface area contributed by atoms with E-state index in [1.165, 1.54) is 0 Å². The highest BCUT2D eigenvalue weighted by molar-refractivity contribution is 6.06. The summed E-state index contributed by atoms with van der Waals surface area (Å²) in [5.74, 6) is -1.34. The van der Waals surface area contributed by atoms with Crippen molar-refractivity contribution in [3.05, 3.63) is 59.7 Å². The third-order valence-electron chi connectivity index (χ3n) is 5.27. The molecule has 0 heterocycles. The van der Waals surface area contributed by atoms with Gasteiger partial charge >= 0.3 is 12.0 Å². The molecule has 0 atom stereocenters. The number of nitrogens with one attached hydrogen (secondary N) is 3. The molecule has 7 nitrogen and oxygen atoms in total.